The number of hydrogen-bond acceptors (Lipinski definition) is 7. The zero-order valence-electron chi connectivity index (χ0n) is 21.7. The van der Waals surface area contributed by atoms with Crippen molar-refractivity contribution in [1.82, 2.24) is 29.4 Å². The van der Waals surface area contributed by atoms with E-state index in [0.717, 1.165) is 48.6 Å². The van der Waals surface area contributed by atoms with Crippen molar-refractivity contribution in [3.63, 3.8) is 0 Å². The highest BCUT2D eigenvalue weighted by Gasteiger charge is 2.18. The van der Waals surface area contributed by atoms with E-state index < -0.39 is 0 Å². The van der Waals surface area contributed by atoms with Gasteiger partial charge < -0.3 is 24.7 Å². The van der Waals surface area contributed by atoms with Gasteiger partial charge in [-0.2, -0.15) is 0 Å². The molecule has 0 bridgehead atoms. The largest absolute Gasteiger partial charge is 0.369 e. The molecule has 5 rings (SSSR count). The molecule has 9 nitrogen and oxygen atoms in total. The highest BCUT2D eigenvalue weighted by Crippen LogP contribution is 2.28. The molecule has 0 atom stereocenters. The number of aryl methyl sites for hydroxylation is 2. The Morgan fingerprint density at radius 1 is 1.06 bits per heavy atom. The molecular weight excluding hydrogens is 452 g/mol. The molecule has 0 radical (unpaired) electrons. The van der Waals surface area contributed by atoms with Crippen molar-refractivity contribution in [3.05, 3.63) is 63.8 Å². The monoisotopic (exact) mass is 486 g/mol. The lowest BCUT2D eigenvalue weighted by Crippen LogP contribution is -2.44. The fourth-order valence-corrected chi connectivity index (χ4v) is 4.71. The summed E-state index contributed by atoms with van der Waals surface area (Å²) in [4.78, 5) is 34.6. The molecule has 36 heavy (non-hydrogen) atoms. The number of anilines is 2. The van der Waals surface area contributed by atoms with Crippen molar-refractivity contribution in [1.29, 1.82) is 0 Å². The van der Waals surface area contributed by atoms with E-state index in [1.165, 1.54) is 5.69 Å². The van der Waals surface area contributed by atoms with Gasteiger partial charge in [-0.25, -0.2) is 15.0 Å². The molecule has 0 unspecified atom stereocenters. The van der Waals surface area contributed by atoms with E-state index in [-0.39, 0.29) is 11.6 Å². The lowest BCUT2D eigenvalue weighted by atomic mass is 10.1. The molecule has 2 N–H and O–H groups in total. The molecule has 0 saturated carbocycles. The van der Waals surface area contributed by atoms with Crippen molar-refractivity contribution < 1.29 is 0 Å². The zero-order valence-corrected chi connectivity index (χ0v) is 21.7. The topological polar surface area (TPSA) is 95.0 Å². The SMILES string of the molecule is Cc1cc(C)c(CNc2nc(-c3ccc(N4CCN(C)CC4)cc3)nc3c2ncn3C(C)C)c(=O)[nH]1. The zero-order chi connectivity index (χ0) is 25.4. The fourth-order valence-electron chi connectivity index (χ4n) is 4.71. The Balaban J connectivity index is 1.49. The van der Waals surface area contributed by atoms with Crippen LogP contribution in [0.25, 0.3) is 22.6 Å². The van der Waals surface area contributed by atoms with Crippen LogP contribution in [0.15, 0.2) is 41.5 Å². The number of hydrogen-bond donors (Lipinski definition) is 2. The molecule has 0 spiro atoms. The van der Waals surface area contributed by atoms with Crippen LogP contribution in [-0.4, -0.2) is 62.6 Å². The van der Waals surface area contributed by atoms with E-state index in [2.05, 4.69) is 70.2 Å². The molecule has 188 valence electrons. The Kier molecular flexibility index (Phi) is 6.49. The van der Waals surface area contributed by atoms with Crippen molar-refractivity contribution >= 4 is 22.7 Å². The minimum Gasteiger partial charge on any atom is -0.369 e. The van der Waals surface area contributed by atoms with Gasteiger partial charge in [-0.3, -0.25) is 4.79 Å². The molecule has 0 aliphatic carbocycles. The second kappa shape index (κ2) is 9.73. The summed E-state index contributed by atoms with van der Waals surface area (Å²) >= 11 is 0. The maximum Gasteiger partial charge on any atom is 0.253 e. The van der Waals surface area contributed by atoms with Crippen LogP contribution in [0.3, 0.4) is 0 Å². The summed E-state index contributed by atoms with van der Waals surface area (Å²) in [5.41, 5.74) is 6.03. The summed E-state index contributed by atoms with van der Waals surface area (Å²) in [6.07, 6.45) is 1.80. The van der Waals surface area contributed by atoms with Crippen molar-refractivity contribution in [2.75, 3.05) is 43.4 Å². The van der Waals surface area contributed by atoms with Crippen LogP contribution >= 0.6 is 0 Å². The van der Waals surface area contributed by atoms with Gasteiger partial charge in [-0.15, -0.1) is 0 Å². The summed E-state index contributed by atoms with van der Waals surface area (Å²) in [6, 6.07) is 10.7. The maximum atomic E-state index is 12.6. The van der Waals surface area contributed by atoms with E-state index >= 15 is 0 Å². The van der Waals surface area contributed by atoms with Gasteiger partial charge in [0, 0.05) is 61.3 Å². The van der Waals surface area contributed by atoms with Gasteiger partial charge in [0.1, 0.15) is 5.52 Å². The minimum atomic E-state index is -0.0854. The van der Waals surface area contributed by atoms with Crippen LogP contribution in [-0.2, 0) is 6.54 Å². The summed E-state index contributed by atoms with van der Waals surface area (Å²) in [7, 11) is 2.16. The normalized spacial score (nSPS) is 14.7. The molecule has 1 saturated heterocycles. The van der Waals surface area contributed by atoms with E-state index in [9.17, 15) is 4.79 Å². The summed E-state index contributed by atoms with van der Waals surface area (Å²) in [6.45, 7) is 12.6. The van der Waals surface area contributed by atoms with Crippen LogP contribution in [0.4, 0.5) is 11.5 Å². The number of imidazole rings is 1. The molecule has 1 aliphatic heterocycles. The average Bonchev–Trinajstić information content (AvgIpc) is 3.28. The highest BCUT2D eigenvalue weighted by molar-refractivity contribution is 5.85. The minimum absolute atomic E-state index is 0.0854. The number of aromatic amines is 1. The molecule has 0 amide bonds. The number of H-pyrrole nitrogens is 1. The van der Waals surface area contributed by atoms with Gasteiger partial charge in [0.2, 0.25) is 0 Å². The lowest BCUT2D eigenvalue weighted by molar-refractivity contribution is 0.313. The van der Waals surface area contributed by atoms with Gasteiger partial charge >= 0.3 is 0 Å². The predicted octanol–water partition coefficient (Wildman–Crippen LogP) is 3.74. The lowest BCUT2D eigenvalue weighted by Gasteiger charge is -2.34. The molecular formula is C27H34N8O. The van der Waals surface area contributed by atoms with E-state index in [0.29, 0.717) is 29.3 Å². The number of benzene rings is 1. The van der Waals surface area contributed by atoms with Crippen molar-refractivity contribution in [2.45, 2.75) is 40.3 Å². The second-order valence-corrected chi connectivity index (χ2v) is 9.95. The highest BCUT2D eigenvalue weighted by atomic mass is 16.1. The van der Waals surface area contributed by atoms with Crippen LogP contribution < -0.4 is 15.8 Å². The first-order valence-corrected chi connectivity index (χ1v) is 12.5. The fraction of sp³-hybridized carbons (Fsp3) is 0.407. The van der Waals surface area contributed by atoms with Gasteiger partial charge in [0.25, 0.3) is 5.56 Å². The van der Waals surface area contributed by atoms with Gasteiger partial charge in [-0.1, -0.05) is 0 Å². The number of nitrogens with zero attached hydrogens (tertiary/aromatic N) is 6. The summed E-state index contributed by atoms with van der Waals surface area (Å²) in [5.74, 6) is 1.25. The molecule has 1 aromatic carbocycles. The third-order valence-corrected chi connectivity index (χ3v) is 6.90. The van der Waals surface area contributed by atoms with E-state index in [4.69, 9.17) is 9.97 Å². The van der Waals surface area contributed by atoms with Crippen LogP contribution in [0.1, 0.15) is 36.7 Å². The Morgan fingerprint density at radius 2 is 1.78 bits per heavy atom. The second-order valence-electron chi connectivity index (χ2n) is 9.95. The number of aromatic nitrogens is 5. The molecule has 1 fully saturated rings. The Morgan fingerprint density at radius 3 is 2.44 bits per heavy atom. The molecule has 4 heterocycles. The third-order valence-electron chi connectivity index (χ3n) is 6.90. The number of nitrogens with one attached hydrogen (secondary N) is 2. The van der Waals surface area contributed by atoms with Gasteiger partial charge in [0.05, 0.1) is 6.33 Å². The quantitative estimate of drug-likeness (QED) is 0.429. The van der Waals surface area contributed by atoms with Crippen LogP contribution in [0.2, 0.25) is 0 Å². The number of pyridine rings is 1. The van der Waals surface area contributed by atoms with E-state index in [1.807, 2.05) is 24.5 Å². The number of likely N-dealkylation sites (N-methyl/N-ethyl adjacent to an activating group) is 1. The first kappa shape index (κ1) is 24.0. The van der Waals surface area contributed by atoms with Crippen LogP contribution in [0.5, 0.6) is 0 Å². The number of piperazine rings is 1. The summed E-state index contributed by atoms with van der Waals surface area (Å²) < 4.78 is 2.05. The molecule has 4 aromatic rings. The molecule has 9 heteroatoms. The molecule has 3 aromatic heterocycles. The average molecular weight is 487 g/mol. The molecule has 1 aliphatic rings. The number of rotatable bonds is 6. The first-order valence-electron chi connectivity index (χ1n) is 12.5. The van der Waals surface area contributed by atoms with Crippen molar-refractivity contribution in [2.24, 2.45) is 0 Å². The summed E-state index contributed by atoms with van der Waals surface area (Å²) in [5, 5.41) is 3.37. The Labute approximate surface area is 211 Å². The van der Waals surface area contributed by atoms with Gasteiger partial charge in [0.15, 0.2) is 17.3 Å². The van der Waals surface area contributed by atoms with E-state index in [1.54, 1.807) is 6.33 Å². The Bertz CT molecular complexity index is 1430. The standard InChI is InChI=1S/C27H34N8O/c1-17(2)35-16-29-23-25(28-15-22-18(3)14-19(4)30-27(22)36)31-24(32-26(23)35)20-6-8-21(9-7-20)34-12-10-33(5)11-13-34/h6-9,14,16-17H,10-13,15H2,1-5H3,(H,30,36)(H,28,31,32). The third kappa shape index (κ3) is 4.70. The van der Waals surface area contributed by atoms with Crippen LogP contribution in [0, 0.1) is 13.8 Å². The number of fused-ring (bicyclic) bond motifs is 1. The predicted molar refractivity (Wildman–Crippen MR) is 145 cm³/mol. The Hall–Kier alpha value is -3.72. The smallest absolute Gasteiger partial charge is 0.253 e. The first-order chi connectivity index (χ1) is 17.3. The maximum absolute atomic E-state index is 12.6. The van der Waals surface area contributed by atoms with Gasteiger partial charge in [-0.05, 0) is 70.6 Å². The van der Waals surface area contributed by atoms with Crippen molar-refractivity contribution in [3.8, 4) is 11.4 Å².